The Morgan fingerprint density at radius 1 is 1.03 bits per heavy atom. The molecule has 0 bridgehead atoms. The Morgan fingerprint density at radius 2 is 1.80 bits per heavy atom. The van der Waals surface area contributed by atoms with E-state index in [0.717, 1.165) is 51.9 Å². The highest BCUT2D eigenvalue weighted by Crippen LogP contribution is 2.12. The first-order valence-electron chi connectivity index (χ1n) is 10.6. The number of guanidine groups is 1. The standard InChI is InChI=1S/C24H34N4O.HI/c1-4-25-24(27-17-23-9-8-19(2)14-20(23)3)26-16-21-6-5-7-22(15-21)18-28-10-12-29-13-11-28;/h5-9,14-15H,4,10-13,16-18H2,1-3H3,(H2,25,26,27);1H. The predicted octanol–water partition coefficient (Wildman–Crippen LogP) is 4.01. The van der Waals surface area contributed by atoms with Crippen LogP contribution in [0.1, 0.15) is 34.7 Å². The van der Waals surface area contributed by atoms with Gasteiger partial charge in [-0.15, -0.1) is 24.0 Å². The third-order valence-electron chi connectivity index (χ3n) is 5.21. The highest BCUT2D eigenvalue weighted by atomic mass is 127. The van der Waals surface area contributed by atoms with Crippen LogP contribution in [0.5, 0.6) is 0 Å². The normalized spacial score (nSPS) is 14.8. The van der Waals surface area contributed by atoms with Crippen LogP contribution in [0.25, 0.3) is 0 Å². The summed E-state index contributed by atoms with van der Waals surface area (Å²) in [6, 6.07) is 15.3. The number of rotatable bonds is 7. The van der Waals surface area contributed by atoms with E-state index >= 15 is 0 Å². The average molecular weight is 522 g/mol. The second-order valence-electron chi connectivity index (χ2n) is 7.69. The van der Waals surface area contributed by atoms with Gasteiger partial charge in [-0.05, 0) is 43.0 Å². The zero-order chi connectivity index (χ0) is 20.5. The first-order valence-corrected chi connectivity index (χ1v) is 10.6. The molecular formula is C24H35IN4O. The van der Waals surface area contributed by atoms with E-state index in [-0.39, 0.29) is 24.0 Å². The molecule has 0 amide bonds. The lowest BCUT2D eigenvalue weighted by atomic mass is 10.1. The van der Waals surface area contributed by atoms with Crippen LogP contribution in [-0.4, -0.2) is 43.7 Å². The Morgan fingerprint density at radius 3 is 2.53 bits per heavy atom. The second kappa shape index (κ2) is 12.9. The van der Waals surface area contributed by atoms with Crippen molar-refractivity contribution in [2.75, 3.05) is 32.8 Å². The SMILES string of the molecule is CCNC(=NCc1cccc(CN2CCOCC2)c1)NCc1ccc(C)cc1C.I. The van der Waals surface area contributed by atoms with E-state index in [4.69, 9.17) is 9.73 Å². The summed E-state index contributed by atoms with van der Waals surface area (Å²) in [7, 11) is 0. The first kappa shape index (κ1) is 24.6. The van der Waals surface area contributed by atoms with E-state index in [1.54, 1.807) is 0 Å². The average Bonchev–Trinajstić information content (AvgIpc) is 2.72. The Bertz CT molecular complexity index is 819. The van der Waals surface area contributed by atoms with Gasteiger partial charge in [-0.3, -0.25) is 4.90 Å². The van der Waals surface area contributed by atoms with Gasteiger partial charge >= 0.3 is 0 Å². The predicted molar refractivity (Wildman–Crippen MR) is 136 cm³/mol. The van der Waals surface area contributed by atoms with Gasteiger partial charge < -0.3 is 15.4 Å². The maximum atomic E-state index is 5.44. The Hall–Kier alpha value is -1.64. The zero-order valence-corrected chi connectivity index (χ0v) is 20.7. The number of hydrogen-bond donors (Lipinski definition) is 2. The quantitative estimate of drug-likeness (QED) is 0.328. The minimum atomic E-state index is 0. The third-order valence-corrected chi connectivity index (χ3v) is 5.21. The molecule has 2 N–H and O–H groups in total. The molecule has 1 aliphatic heterocycles. The van der Waals surface area contributed by atoms with Crippen LogP contribution in [0, 0.1) is 13.8 Å². The van der Waals surface area contributed by atoms with Crippen molar-refractivity contribution in [3.8, 4) is 0 Å². The molecule has 1 saturated heterocycles. The summed E-state index contributed by atoms with van der Waals surface area (Å²) in [5.41, 5.74) is 6.48. The number of benzene rings is 2. The van der Waals surface area contributed by atoms with Crippen LogP contribution in [0.3, 0.4) is 0 Å². The monoisotopic (exact) mass is 522 g/mol. The van der Waals surface area contributed by atoms with Gasteiger partial charge in [0.1, 0.15) is 0 Å². The van der Waals surface area contributed by atoms with Crippen molar-refractivity contribution in [2.24, 2.45) is 4.99 Å². The van der Waals surface area contributed by atoms with Crippen molar-refractivity contribution in [3.63, 3.8) is 0 Å². The van der Waals surface area contributed by atoms with Crippen LogP contribution in [0.15, 0.2) is 47.5 Å². The van der Waals surface area contributed by atoms with Crippen molar-refractivity contribution >= 4 is 29.9 Å². The molecule has 1 fully saturated rings. The summed E-state index contributed by atoms with van der Waals surface area (Å²) < 4.78 is 5.44. The molecule has 6 heteroatoms. The molecule has 0 spiro atoms. The molecule has 164 valence electrons. The van der Waals surface area contributed by atoms with E-state index in [1.807, 2.05) is 0 Å². The van der Waals surface area contributed by atoms with Crippen molar-refractivity contribution in [2.45, 2.75) is 40.4 Å². The smallest absolute Gasteiger partial charge is 0.191 e. The minimum absolute atomic E-state index is 0. The lowest BCUT2D eigenvalue weighted by molar-refractivity contribution is 0.0342. The Labute approximate surface area is 198 Å². The molecule has 0 aliphatic carbocycles. The number of nitrogens with zero attached hydrogens (tertiary/aromatic N) is 2. The minimum Gasteiger partial charge on any atom is -0.379 e. The summed E-state index contributed by atoms with van der Waals surface area (Å²) in [6.07, 6.45) is 0. The van der Waals surface area contributed by atoms with Crippen LogP contribution in [0.4, 0.5) is 0 Å². The molecule has 2 aromatic rings. The van der Waals surface area contributed by atoms with Gasteiger partial charge in [0.05, 0.1) is 19.8 Å². The molecule has 0 saturated carbocycles. The van der Waals surface area contributed by atoms with E-state index in [9.17, 15) is 0 Å². The number of morpholine rings is 1. The largest absolute Gasteiger partial charge is 0.379 e. The first-order chi connectivity index (χ1) is 14.1. The molecule has 0 aromatic heterocycles. The lowest BCUT2D eigenvalue weighted by Gasteiger charge is -2.26. The Balaban J connectivity index is 0.00000320. The summed E-state index contributed by atoms with van der Waals surface area (Å²) >= 11 is 0. The molecule has 0 atom stereocenters. The number of hydrogen-bond acceptors (Lipinski definition) is 3. The maximum Gasteiger partial charge on any atom is 0.191 e. The third kappa shape index (κ3) is 7.89. The topological polar surface area (TPSA) is 48.9 Å². The fourth-order valence-corrected chi connectivity index (χ4v) is 3.58. The van der Waals surface area contributed by atoms with E-state index in [1.165, 1.54) is 27.8 Å². The molecule has 1 heterocycles. The number of nitrogens with one attached hydrogen (secondary N) is 2. The van der Waals surface area contributed by atoms with E-state index < -0.39 is 0 Å². The van der Waals surface area contributed by atoms with Gasteiger partial charge in [-0.1, -0.05) is 48.0 Å². The fourth-order valence-electron chi connectivity index (χ4n) is 3.58. The van der Waals surface area contributed by atoms with Gasteiger partial charge in [0, 0.05) is 32.7 Å². The van der Waals surface area contributed by atoms with Gasteiger partial charge in [-0.25, -0.2) is 4.99 Å². The van der Waals surface area contributed by atoms with Crippen molar-refractivity contribution in [3.05, 3.63) is 70.3 Å². The van der Waals surface area contributed by atoms with Gasteiger partial charge in [-0.2, -0.15) is 0 Å². The maximum absolute atomic E-state index is 5.44. The van der Waals surface area contributed by atoms with E-state index in [0.29, 0.717) is 6.54 Å². The highest BCUT2D eigenvalue weighted by molar-refractivity contribution is 14.0. The highest BCUT2D eigenvalue weighted by Gasteiger charge is 2.10. The number of ether oxygens (including phenoxy) is 1. The lowest BCUT2D eigenvalue weighted by Crippen LogP contribution is -2.37. The van der Waals surface area contributed by atoms with Crippen LogP contribution in [-0.2, 0) is 24.4 Å². The van der Waals surface area contributed by atoms with Gasteiger partial charge in [0.15, 0.2) is 5.96 Å². The molecule has 3 rings (SSSR count). The molecule has 1 aliphatic rings. The molecule has 5 nitrogen and oxygen atoms in total. The number of aliphatic imine (C=N–C) groups is 1. The Kier molecular flexibility index (Phi) is 10.6. The van der Waals surface area contributed by atoms with Gasteiger partial charge in [0.25, 0.3) is 0 Å². The summed E-state index contributed by atoms with van der Waals surface area (Å²) in [5, 5.41) is 6.82. The van der Waals surface area contributed by atoms with Crippen molar-refractivity contribution < 1.29 is 4.74 Å². The van der Waals surface area contributed by atoms with Crippen LogP contribution < -0.4 is 10.6 Å². The number of aryl methyl sites for hydroxylation is 2. The molecule has 2 aromatic carbocycles. The second-order valence-corrected chi connectivity index (χ2v) is 7.69. The fraction of sp³-hybridized carbons (Fsp3) is 0.458. The molecule has 0 radical (unpaired) electrons. The molecular weight excluding hydrogens is 487 g/mol. The number of halogens is 1. The van der Waals surface area contributed by atoms with Gasteiger partial charge in [0.2, 0.25) is 0 Å². The van der Waals surface area contributed by atoms with E-state index in [2.05, 4.69) is 78.8 Å². The summed E-state index contributed by atoms with van der Waals surface area (Å²) in [4.78, 5) is 7.24. The summed E-state index contributed by atoms with van der Waals surface area (Å²) in [6.45, 7) is 13.3. The zero-order valence-electron chi connectivity index (χ0n) is 18.4. The molecule has 30 heavy (non-hydrogen) atoms. The molecule has 0 unspecified atom stereocenters. The van der Waals surface area contributed by atoms with Crippen LogP contribution in [0.2, 0.25) is 0 Å². The van der Waals surface area contributed by atoms with Crippen molar-refractivity contribution in [1.82, 2.24) is 15.5 Å². The van der Waals surface area contributed by atoms with Crippen molar-refractivity contribution in [1.29, 1.82) is 0 Å². The van der Waals surface area contributed by atoms with Crippen LogP contribution >= 0.6 is 24.0 Å². The summed E-state index contributed by atoms with van der Waals surface area (Å²) in [5.74, 6) is 0.853.